The lowest BCUT2D eigenvalue weighted by atomic mass is 9.89. The van der Waals surface area contributed by atoms with Crippen LogP contribution in [-0.4, -0.2) is 25.8 Å². The van der Waals surface area contributed by atoms with Gasteiger partial charge in [-0.15, -0.1) is 0 Å². The normalized spacial score (nSPS) is 25.1. The monoisotopic (exact) mass is 241 g/mol. The Balaban J connectivity index is 1.83. The highest BCUT2D eigenvalue weighted by Crippen LogP contribution is 2.25. The van der Waals surface area contributed by atoms with Crippen molar-refractivity contribution in [2.24, 2.45) is 5.92 Å². The lowest BCUT2D eigenvalue weighted by Gasteiger charge is -2.26. The van der Waals surface area contributed by atoms with E-state index in [1.54, 1.807) is 0 Å². The molecule has 17 heavy (non-hydrogen) atoms. The maximum absolute atomic E-state index is 5.96. The van der Waals surface area contributed by atoms with E-state index in [1.807, 2.05) is 0 Å². The van der Waals surface area contributed by atoms with Crippen LogP contribution in [0, 0.1) is 5.92 Å². The first kappa shape index (κ1) is 15.0. The first-order valence-electron chi connectivity index (χ1n) is 7.65. The van der Waals surface area contributed by atoms with Crippen LogP contribution in [0.15, 0.2) is 0 Å². The molecule has 2 heteroatoms. The molecular formula is C15H31NO. The SMILES string of the molecule is CCCNCCCCCOC1CCCC(C)C1. The van der Waals surface area contributed by atoms with E-state index in [9.17, 15) is 0 Å². The zero-order chi connectivity index (χ0) is 12.3. The second-order valence-electron chi connectivity index (χ2n) is 5.58. The van der Waals surface area contributed by atoms with Crippen molar-refractivity contribution >= 4 is 0 Å². The van der Waals surface area contributed by atoms with Crippen molar-refractivity contribution in [2.45, 2.75) is 71.3 Å². The second kappa shape index (κ2) is 9.90. The van der Waals surface area contributed by atoms with Crippen LogP contribution in [0.4, 0.5) is 0 Å². The van der Waals surface area contributed by atoms with Crippen molar-refractivity contribution in [3.8, 4) is 0 Å². The number of ether oxygens (including phenoxy) is 1. The highest BCUT2D eigenvalue weighted by atomic mass is 16.5. The van der Waals surface area contributed by atoms with Gasteiger partial charge in [0.1, 0.15) is 0 Å². The second-order valence-corrected chi connectivity index (χ2v) is 5.58. The molecule has 0 aromatic carbocycles. The summed E-state index contributed by atoms with van der Waals surface area (Å²) in [5.74, 6) is 0.881. The molecule has 1 N–H and O–H groups in total. The molecule has 0 heterocycles. The number of unbranched alkanes of at least 4 members (excludes halogenated alkanes) is 2. The van der Waals surface area contributed by atoms with Crippen LogP contribution in [0.2, 0.25) is 0 Å². The summed E-state index contributed by atoms with van der Waals surface area (Å²) in [6.45, 7) is 7.89. The van der Waals surface area contributed by atoms with Crippen LogP contribution < -0.4 is 5.32 Å². The van der Waals surface area contributed by atoms with Crippen molar-refractivity contribution in [1.29, 1.82) is 0 Å². The maximum Gasteiger partial charge on any atom is 0.0577 e. The molecule has 1 rings (SSSR count). The van der Waals surface area contributed by atoms with Crippen LogP contribution in [-0.2, 0) is 4.74 Å². The van der Waals surface area contributed by atoms with E-state index in [-0.39, 0.29) is 0 Å². The molecular weight excluding hydrogens is 210 g/mol. The van der Waals surface area contributed by atoms with Crippen LogP contribution in [0.1, 0.15) is 65.2 Å². The first-order valence-corrected chi connectivity index (χ1v) is 7.65. The third kappa shape index (κ3) is 7.77. The molecule has 2 nitrogen and oxygen atoms in total. The van der Waals surface area contributed by atoms with Crippen LogP contribution in [0.5, 0.6) is 0 Å². The molecule has 0 amide bonds. The van der Waals surface area contributed by atoms with E-state index in [0.717, 1.165) is 19.1 Å². The van der Waals surface area contributed by atoms with E-state index in [0.29, 0.717) is 6.10 Å². The molecule has 2 unspecified atom stereocenters. The predicted molar refractivity (Wildman–Crippen MR) is 74.4 cm³/mol. The Bertz CT molecular complexity index is 172. The molecule has 102 valence electrons. The van der Waals surface area contributed by atoms with Gasteiger partial charge in [-0.3, -0.25) is 0 Å². The zero-order valence-corrected chi connectivity index (χ0v) is 11.8. The molecule has 2 atom stereocenters. The van der Waals surface area contributed by atoms with Gasteiger partial charge in [-0.05, 0) is 57.5 Å². The minimum absolute atomic E-state index is 0.567. The summed E-state index contributed by atoms with van der Waals surface area (Å²) in [5, 5.41) is 3.44. The van der Waals surface area contributed by atoms with E-state index in [1.165, 1.54) is 57.9 Å². The Hall–Kier alpha value is -0.0800. The van der Waals surface area contributed by atoms with Crippen LogP contribution in [0.25, 0.3) is 0 Å². The Morgan fingerprint density at radius 1 is 1.12 bits per heavy atom. The van der Waals surface area contributed by atoms with Gasteiger partial charge in [0.2, 0.25) is 0 Å². The summed E-state index contributed by atoms with van der Waals surface area (Å²) in [6.07, 6.45) is 11.0. The Morgan fingerprint density at radius 3 is 2.76 bits per heavy atom. The number of hydrogen-bond acceptors (Lipinski definition) is 2. The Morgan fingerprint density at radius 2 is 2.00 bits per heavy atom. The third-order valence-corrected chi connectivity index (χ3v) is 3.67. The molecule has 0 saturated heterocycles. The molecule has 1 fully saturated rings. The van der Waals surface area contributed by atoms with Gasteiger partial charge in [0.05, 0.1) is 6.10 Å². The number of rotatable bonds is 9. The highest BCUT2D eigenvalue weighted by Gasteiger charge is 2.18. The van der Waals surface area contributed by atoms with Gasteiger partial charge in [-0.25, -0.2) is 0 Å². The molecule has 0 aliphatic heterocycles. The van der Waals surface area contributed by atoms with Gasteiger partial charge >= 0.3 is 0 Å². The Labute approximate surface area is 108 Å². The summed E-state index contributed by atoms with van der Waals surface area (Å²) >= 11 is 0. The van der Waals surface area contributed by atoms with Gasteiger partial charge in [0.15, 0.2) is 0 Å². The fourth-order valence-corrected chi connectivity index (χ4v) is 2.61. The maximum atomic E-state index is 5.96. The number of hydrogen-bond donors (Lipinski definition) is 1. The van der Waals surface area contributed by atoms with E-state index in [4.69, 9.17) is 4.74 Å². The van der Waals surface area contributed by atoms with Gasteiger partial charge in [0, 0.05) is 6.61 Å². The summed E-state index contributed by atoms with van der Waals surface area (Å²) < 4.78 is 5.96. The average Bonchev–Trinajstić information content (AvgIpc) is 2.33. The van der Waals surface area contributed by atoms with Gasteiger partial charge < -0.3 is 10.1 Å². The molecule has 0 spiro atoms. The molecule has 0 bridgehead atoms. The standard InChI is InChI=1S/C15H31NO/c1-3-10-16-11-5-4-6-12-17-15-9-7-8-14(2)13-15/h14-16H,3-13H2,1-2H3. The molecule has 1 saturated carbocycles. The van der Waals surface area contributed by atoms with Crippen molar-refractivity contribution < 1.29 is 4.74 Å². The Kier molecular flexibility index (Phi) is 8.72. The van der Waals surface area contributed by atoms with Crippen LogP contribution in [0.3, 0.4) is 0 Å². The summed E-state index contributed by atoms with van der Waals surface area (Å²) in [6, 6.07) is 0. The minimum atomic E-state index is 0.567. The van der Waals surface area contributed by atoms with Gasteiger partial charge in [-0.2, -0.15) is 0 Å². The van der Waals surface area contributed by atoms with Crippen LogP contribution >= 0.6 is 0 Å². The summed E-state index contributed by atoms with van der Waals surface area (Å²) in [5.41, 5.74) is 0. The predicted octanol–water partition coefficient (Wildman–Crippen LogP) is 3.75. The van der Waals surface area contributed by atoms with Crippen molar-refractivity contribution in [1.82, 2.24) is 5.32 Å². The molecule has 1 aliphatic carbocycles. The van der Waals surface area contributed by atoms with Crippen molar-refractivity contribution in [3.63, 3.8) is 0 Å². The third-order valence-electron chi connectivity index (χ3n) is 3.67. The topological polar surface area (TPSA) is 21.3 Å². The number of nitrogens with one attached hydrogen (secondary N) is 1. The van der Waals surface area contributed by atoms with Gasteiger partial charge in [-0.1, -0.05) is 26.7 Å². The summed E-state index contributed by atoms with van der Waals surface area (Å²) in [7, 11) is 0. The smallest absolute Gasteiger partial charge is 0.0577 e. The molecule has 0 aromatic rings. The fourth-order valence-electron chi connectivity index (χ4n) is 2.61. The van der Waals surface area contributed by atoms with E-state index in [2.05, 4.69) is 19.2 Å². The highest BCUT2D eigenvalue weighted by molar-refractivity contribution is 4.70. The quantitative estimate of drug-likeness (QED) is 0.621. The lowest BCUT2D eigenvalue weighted by Crippen LogP contribution is -2.22. The first-order chi connectivity index (χ1) is 8.33. The average molecular weight is 241 g/mol. The van der Waals surface area contributed by atoms with Gasteiger partial charge in [0.25, 0.3) is 0 Å². The molecule has 1 aliphatic rings. The van der Waals surface area contributed by atoms with E-state index >= 15 is 0 Å². The zero-order valence-electron chi connectivity index (χ0n) is 11.8. The minimum Gasteiger partial charge on any atom is -0.378 e. The van der Waals surface area contributed by atoms with Crippen molar-refractivity contribution in [2.75, 3.05) is 19.7 Å². The largest absolute Gasteiger partial charge is 0.378 e. The van der Waals surface area contributed by atoms with E-state index < -0.39 is 0 Å². The van der Waals surface area contributed by atoms with Crippen molar-refractivity contribution in [3.05, 3.63) is 0 Å². The fraction of sp³-hybridized carbons (Fsp3) is 1.00. The molecule has 0 aromatic heterocycles. The summed E-state index contributed by atoms with van der Waals surface area (Å²) in [4.78, 5) is 0. The molecule has 0 radical (unpaired) electrons. The lowest BCUT2D eigenvalue weighted by molar-refractivity contribution is 0.0137.